The van der Waals surface area contributed by atoms with E-state index in [0.717, 1.165) is 5.56 Å². The molecule has 0 radical (unpaired) electrons. The third-order valence-corrected chi connectivity index (χ3v) is 2.78. The van der Waals surface area contributed by atoms with Crippen LogP contribution in [0.1, 0.15) is 0 Å². The van der Waals surface area contributed by atoms with Crippen molar-refractivity contribution in [2.45, 2.75) is 0 Å². The normalized spacial score (nSPS) is 10.8. The van der Waals surface area contributed by atoms with Crippen molar-refractivity contribution in [1.29, 1.82) is 0 Å². The summed E-state index contributed by atoms with van der Waals surface area (Å²) in [4.78, 5) is 0. The summed E-state index contributed by atoms with van der Waals surface area (Å²) in [6.07, 6.45) is 0. The first kappa shape index (κ1) is 11.0. The fourth-order valence-corrected chi connectivity index (χ4v) is 1.90. The number of benzene rings is 1. The van der Waals surface area contributed by atoms with Crippen molar-refractivity contribution in [3.05, 3.63) is 41.6 Å². The van der Waals surface area contributed by atoms with E-state index in [9.17, 15) is 0 Å². The van der Waals surface area contributed by atoms with Crippen LogP contribution in [0.3, 0.4) is 0 Å². The first-order valence-corrected chi connectivity index (χ1v) is 5.69. The summed E-state index contributed by atoms with van der Waals surface area (Å²) in [6.45, 7) is 0. The zero-order chi connectivity index (χ0) is 12.5. The number of aromatic nitrogens is 4. The minimum absolute atomic E-state index is 0.387. The highest BCUT2D eigenvalue weighted by Gasteiger charge is 2.13. The van der Waals surface area contributed by atoms with Crippen LogP contribution in [0.2, 0.25) is 5.15 Å². The van der Waals surface area contributed by atoms with E-state index >= 15 is 0 Å². The second-order valence-electron chi connectivity index (χ2n) is 3.65. The van der Waals surface area contributed by atoms with Crippen molar-refractivity contribution in [1.82, 2.24) is 19.8 Å². The topological polar surface area (TPSA) is 52.3 Å². The largest absolute Gasteiger partial charge is 0.496 e. The third kappa shape index (κ3) is 1.69. The van der Waals surface area contributed by atoms with Crippen LogP contribution in [0.15, 0.2) is 36.4 Å². The van der Waals surface area contributed by atoms with Gasteiger partial charge in [-0.1, -0.05) is 23.7 Å². The van der Waals surface area contributed by atoms with Gasteiger partial charge in [-0.25, -0.2) is 0 Å². The van der Waals surface area contributed by atoms with Gasteiger partial charge in [0.1, 0.15) is 10.9 Å². The first-order chi connectivity index (χ1) is 8.79. The van der Waals surface area contributed by atoms with Gasteiger partial charge in [0, 0.05) is 0 Å². The zero-order valence-electron chi connectivity index (χ0n) is 9.54. The van der Waals surface area contributed by atoms with Crippen molar-refractivity contribution in [2.75, 3.05) is 7.11 Å². The highest BCUT2D eigenvalue weighted by molar-refractivity contribution is 6.29. The Morgan fingerprint density at radius 1 is 1.11 bits per heavy atom. The molecule has 0 aliphatic heterocycles. The molecule has 2 aromatic heterocycles. The second-order valence-corrected chi connectivity index (χ2v) is 4.04. The Morgan fingerprint density at radius 3 is 2.78 bits per heavy atom. The number of halogens is 1. The highest BCUT2D eigenvalue weighted by atomic mass is 35.5. The molecule has 0 amide bonds. The molecule has 3 rings (SSSR count). The molecule has 0 N–H and O–H groups in total. The predicted molar refractivity (Wildman–Crippen MR) is 67.8 cm³/mol. The van der Waals surface area contributed by atoms with Crippen LogP contribution in [-0.4, -0.2) is 26.9 Å². The van der Waals surface area contributed by atoms with E-state index in [0.29, 0.717) is 22.4 Å². The Bertz CT molecular complexity index is 710. The van der Waals surface area contributed by atoms with Gasteiger partial charge in [0.2, 0.25) is 0 Å². The van der Waals surface area contributed by atoms with Crippen LogP contribution < -0.4 is 4.74 Å². The Hall–Kier alpha value is -2.14. The minimum atomic E-state index is 0.387. The molecule has 90 valence electrons. The summed E-state index contributed by atoms with van der Waals surface area (Å²) < 4.78 is 6.90. The van der Waals surface area contributed by atoms with Crippen molar-refractivity contribution >= 4 is 17.2 Å². The van der Waals surface area contributed by atoms with E-state index in [-0.39, 0.29) is 0 Å². The molecule has 0 aliphatic carbocycles. The molecule has 0 aliphatic rings. The predicted octanol–water partition coefficient (Wildman–Crippen LogP) is 2.45. The van der Waals surface area contributed by atoms with Crippen molar-refractivity contribution in [3.63, 3.8) is 0 Å². The standard InChI is InChI=1S/C12H9ClN4O/c1-18-9-5-3-2-4-8(9)12-15-14-11-7-6-10(13)16-17(11)12/h2-7H,1H3. The summed E-state index contributed by atoms with van der Waals surface area (Å²) in [7, 11) is 1.61. The Balaban J connectivity index is 2.28. The Kier molecular flexibility index (Phi) is 2.60. The summed E-state index contributed by atoms with van der Waals surface area (Å²) in [5.74, 6) is 1.32. The molecule has 0 spiro atoms. The van der Waals surface area contributed by atoms with Gasteiger partial charge >= 0.3 is 0 Å². The molecule has 0 bridgehead atoms. The quantitative estimate of drug-likeness (QED) is 0.710. The Labute approximate surface area is 108 Å². The fraction of sp³-hybridized carbons (Fsp3) is 0.0833. The number of rotatable bonds is 2. The van der Waals surface area contributed by atoms with Gasteiger partial charge in [0.25, 0.3) is 0 Å². The lowest BCUT2D eigenvalue weighted by Crippen LogP contribution is -1.96. The number of ether oxygens (including phenoxy) is 1. The van der Waals surface area contributed by atoms with Gasteiger partial charge in [-0.2, -0.15) is 9.61 Å². The van der Waals surface area contributed by atoms with Crippen molar-refractivity contribution in [3.8, 4) is 17.1 Å². The molecule has 5 nitrogen and oxygen atoms in total. The summed E-state index contributed by atoms with van der Waals surface area (Å²) in [6, 6.07) is 11.0. The zero-order valence-corrected chi connectivity index (χ0v) is 10.3. The maximum Gasteiger partial charge on any atom is 0.189 e. The average Bonchev–Trinajstić information content (AvgIpc) is 2.81. The lowest BCUT2D eigenvalue weighted by atomic mass is 10.2. The summed E-state index contributed by atoms with van der Waals surface area (Å²) in [5.41, 5.74) is 1.46. The van der Waals surface area contributed by atoms with E-state index in [2.05, 4.69) is 15.3 Å². The van der Waals surface area contributed by atoms with Gasteiger partial charge < -0.3 is 4.74 Å². The summed E-state index contributed by atoms with van der Waals surface area (Å²) >= 11 is 5.89. The molecule has 0 fully saturated rings. The molecule has 6 heteroatoms. The minimum Gasteiger partial charge on any atom is -0.496 e. The van der Waals surface area contributed by atoms with E-state index in [1.807, 2.05) is 24.3 Å². The maximum absolute atomic E-state index is 5.89. The molecule has 0 unspecified atom stereocenters. The number of methoxy groups -OCH3 is 1. The second kappa shape index (κ2) is 4.27. The summed E-state index contributed by atoms with van der Waals surface area (Å²) in [5, 5.41) is 12.8. The number of fused-ring (bicyclic) bond motifs is 1. The third-order valence-electron chi connectivity index (χ3n) is 2.58. The number of hydrogen-bond donors (Lipinski definition) is 0. The van der Waals surface area contributed by atoms with Crippen LogP contribution in [0.4, 0.5) is 0 Å². The van der Waals surface area contributed by atoms with Crippen LogP contribution in [0.25, 0.3) is 17.0 Å². The smallest absolute Gasteiger partial charge is 0.189 e. The van der Waals surface area contributed by atoms with Crippen LogP contribution in [0, 0.1) is 0 Å². The van der Waals surface area contributed by atoms with Gasteiger partial charge in [0.15, 0.2) is 11.5 Å². The van der Waals surface area contributed by atoms with Crippen LogP contribution in [-0.2, 0) is 0 Å². The number of hydrogen-bond acceptors (Lipinski definition) is 4. The lowest BCUT2D eigenvalue weighted by molar-refractivity contribution is 0.416. The molecule has 1 aromatic carbocycles. The molecule has 18 heavy (non-hydrogen) atoms. The fourth-order valence-electron chi connectivity index (χ4n) is 1.76. The number of para-hydroxylation sites is 1. The first-order valence-electron chi connectivity index (χ1n) is 5.31. The molecule has 2 heterocycles. The van der Waals surface area contributed by atoms with Crippen molar-refractivity contribution < 1.29 is 4.74 Å². The maximum atomic E-state index is 5.89. The van der Waals surface area contributed by atoms with Crippen molar-refractivity contribution in [2.24, 2.45) is 0 Å². The van der Waals surface area contributed by atoms with Crippen LogP contribution in [0.5, 0.6) is 5.75 Å². The van der Waals surface area contributed by atoms with Gasteiger partial charge in [-0.3, -0.25) is 0 Å². The average molecular weight is 261 g/mol. The molecular weight excluding hydrogens is 252 g/mol. The molecule has 3 aromatic rings. The highest BCUT2D eigenvalue weighted by Crippen LogP contribution is 2.28. The monoisotopic (exact) mass is 260 g/mol. The molecule has 0 saturated carbocycles. The number of nitrogens with zero attached hydrogens (tertiary/aromatic N) is 4. The Morgan fingerprint density at radius 2 is 1.94 bits per heavy atom. The van der Waals surface area contributed by atoms with Gasteiger partial charge in [-0.15, -0.1) is 10.2 Å². The lowest BCUT2D eigenvalue weighted by Gasteiger charge is -2.05. The van der Waals surface area contributed by atoms with E-state index in [1.54, 1.807) is 23.8 Å². The van der Waals surface area contributed by atoms with Crippen LogP contribution >= 0.6 is 11.6 Å². The molecular formula is C12H9ClN4O. The van der Waals surface area contributed by atoms with E-state index in [1.165, 1.54) is 0 Å². The molecule has 0 saturated heterocycles. The van der Waals surface area contributed by atoms with Gasteiger partial charge in [-0.05, 0) is 24.3 Å². The molecule has 0 atom stereocenters. The van der Waals surface area contributed by atoms with Gasteiger partial charge in [0.05, 0.1) is 12.7 Å². The SMILES string of the molecule is COc1ccccc1-c1nnc2ccc(Cl)nn12. The van der Waals surface area contributed by atoms with E-state index in [4.69, 9.17) is 16.3 Å². The van der Waals surface area contributed by atoms with E-state index < -0.39 is 0 Å².